The van der Waals surface area contributed by atoms with Gasteiger partial charge in [-0.05, 0) is 44.9 Å². The molecule has 2 nitrogen and oxygen atoms in total. The molecule has 0 radical (unpaired) electrons. The van der Waals surface area contributed by atoms with E-state index in [1.54, 1.807) is 0 Å². The summed E-state index contributed by atoms with van der Waals surface area (Å²) >= 11 is 0. The fourth-order valence-corrected chi connectivity index (χ4v) is 2.69. The highest BCUT2D eigenvalue weighted by atomic mass is 16.3. The van der Waals surface area contributed by atoms with Gasteiger partial charge in [-0.1, -0.05) is 20.3 Å². The number of nitrogens with zero attached hydrogens (tertiary/aromatic N) is 1. The molecule has 15 heavy (non-hydrogen) atoms. The van der Waals surface area contributed by atoms with Crippen molar-refractivity contribution in [1.82, 2.24) is 0 Å². The SMILES string of the molecule is CCC1CCC(C#N)(C(C)(O)CC)CC1. The first-order chi connectivity index (χ1) is 7.01. The minimum absolute atomic E-state index is 0.493. The van der Waals surface area contributed by atoms with Crippen molar-refractivity contribution in [3.05, 3.63) is 0 Å². The van der Waals surface area contributed by atoms with E-state index in [-0.39, 0.29) is 0 Å². The molecule has 86 valence electrons. The molecule has 1 aliphatic carbocycles. The van der Waals surface area contributed by atoms with Gasteiger partial charge in [-0.15, -0.1) is 0 Å². The Bertz CT molecular complexity index is 244. The van der Waals surface area contributed by atoms with Crippen molar-refractivity contribution in [3.8, 4) is 6.07 Å². The Kier molecular flexibility index (Phi) is 3.78. The average molecular weight is 209 g/mol. The summed E-state index contributed by atoms with van der Waals surface area (Å²) in [6, 6.07) is 2.40. The molecule has 1 fully saturated rings. The number of nitriles is 1. The smallest absolute Gasteiger partial charge is 0.0857 e. The first-order valence-corrected chi connectivity index (χ1v) is 6.15. The highest BCUT2D eigenvalue weighted by Gasteiger charge is 2.48. The summed E-state index contributed by atoms with van der Waals surface area (Å²) in [5.74, 6) is 0.763. The molecule has 1 aliphatic rings. The van der Waals surface area contributed by atoms with Gasteiger partial charge in [0.05, 0.1) is 17.1 Å². The zero-order valence-electron chi connectivity index (χ0n) is 10.2. The molecule has 1 atom stereocenters. The van der Waals surface area contributed by atoms with E-state index in [0.29, 0.717) is 6.42 Å². The summed E-state index contributed by atoms with van der Waals surface area (Å²) in [4.78, 5) is 0. The van der Waals surface area contributed by atoms with Crippen molar-refractivity contribution < 1.29 is 5.11 Å². The van der Waals surface area contributed by atoms with Gasteiger partial charge in [0, 0.05) is 0 Å². The summed E-state index contributed by atoms with van der Waals surface area (Å²) in [6.45, 7) is 6.00. The molecule has 0 heterocycles. The lowest BCUT2D eigenvalue weighted by molar-refractivity contribution is -0.0663. The van der Waals surface area contributed by atoms with Crippen molar-refractivity contribution in [3.63, 3.8) is 0 Å². The Morgan fingerprint density at radius 3 is 2.27 bits per heavy atom. The van der Waals surface area contributed by atoms with Crippen molar-refractivity contribution in [2.75, 3.05) is 0 Å². The molecule has 0 aromatic rings. The van der Waals surface area contributed by atoms with E-state index >= 15 is 0 Å². The second kappa shape index (κ2) is 4.53. The van der Waals surface area contributed by atoms with Crippen LogP contribution in [-0.2, 0) is 0 Å². The molecular formula is C13H23NO. The zero-order valence-corrected chi connectivity index (χ0v) is 10.2. The first kappa shape index (κ1) is 12.5. The van der Waals surface area contributed by atoms with E-state index in [2.05, 4.69) is 13.0 Å². The maximum Gasteiger partial charge on any atom is 0.0857 e. The van der Waals surface area contributed by atoms with E-state index in [1.807, 2.05) is 13.8 Å². The Balaban J connectivity index is 2.78. The van der Waals surface area contributed by atoms with Gasteiger partial charge in [-0.2, -0.15) is 5.26 Å². The van der Waals surface area contributed by atoms with Gasteiger partial charge in [-0.25, -0.2) is 0 Å². The van der Waals surface area contributed by atoms with Crippen LogP contribution in [0.3, 0.4) is 0 Å². The Hall–Kier alpha value is -0.550. The van der Waals surface area contributed by atoms with Crippen LogP contribution in [0.2, 0.25) is 0 Å². The average Bonchev–Trinajstić information content (AvgIpc) is 2.29. The Morgan fingerprint density at radius 2 is 1.93 bits per heavy atom. The second-order valence-electron chi connectivity index (χ2n) is 5.17. The molecule has 0 aliphatic heterocycles. The lowest BCUT2D eigenvalue weighted by Gasteiger charge is -2.44. The quantitative estimate of drug-likeness (QED) is 0.775. The number of hydrogen-bond donors (Lipinski definition) is 1. The summed E-state index contributed by atoms with van der Waals surface area (Å²) in [5, 5.41) is 19.7. The van der Waals surface area contributed by atoms with E-state index in [4.69, 9.17) is 0 Å². The maximum atomic E-state index is 10.3. The third-order valence-corrected chi connectivity index (χ3v) is 4.47. The van der Waals surface area contributed by atoms with Gasteiger partial charge in [-0.3, -0.25) is 0 Å². The monoisotopic (exact) mass is 209 g/mol. The minimum Gasteiger partial charge on any atom is -0.389 e. The zero-order chi connectivity index (χ0) is 11.5. The van der Waals surface area contributed by atoms with Crippen LogP contribution >= 0.6 is 0 Å². The standard InChI is InChI=1S/C13H23NO/c1-4-11-6-8-13(10-14,9-7-11)12(3,15)5-2/h11,15H,4-9H2,1-3H3. The van der Waals surface area contributed by atoms with Crippen LogP contribution in [0.25, 0.3) is 0 Å². The maximum absolute atomic E-state index is 10.3. The van der Waals surface area contributed by atoms with Crippen LogP contribution in [0.5, 0.6) is 0 Å². The van der Waals surface area contributed by atoms with Crippen LogP contribution in [0.15, 0.2) is 0 Å². The molecule has 0 spiro atoms. The molecule has 1 rings (SSSR count). The van der Waals surface area contributed by atoms with Crippen molar-refractivity contribution in [1.29, 1.82) is 5.26 Å². The highest BCUT2D eigenvalue weighted by Crippen LogP contribution is 2.47. The van der Waals surface area contributed by atoms with Crippen LogP contribution in [-0.4, -0.2) is 10.7 Å². The normalized spacial score (nSPS) is 35.5. The number of hydrogen-bond acceptors (Lipinski definition) is 2. The Labute approximate surface area is 93.3 Å². The summed E-state index contributed by atoms with van der Waals surface area (Å²) in [6.07, 6.45) is 5.79. The molecule has 0 amide bonds. The molecule has 0 bridgehead atoms. The van der Waals surface area contributed by atoms with Gasteiger partial charge in [0.15, 0.2) is 0 Å². The molecule has 0 saturated heterocycles. The van der Waals surface area contributed by atoms with Crippen molar-refractivity contribution in [2.24, 2.45) is 11.3 Å². The topological polar surface area (TPSA) is 44.0 Å². The number of aliphatic hydroxyl groups is 1. The van der Waals surface area contributed by atoms with Crippen molar-refractivity contribution in [2.45, 2.75) is 64.9 Å². The fraction of sp³-hybridized carbons (Fsp3) is 0.923. The summed E-state index contributed by atoms with van der Waals surface area (Å²) < 4.78 is 0. The summed E-state index contributed by atoms with van der Waals surface area (Å²) in [7, 11) is 0. The number of rotatable bonds is 3. The minimum atomic E-state index is -0.819. The van der Waals surface area contributed by atoms with Crippen LogP contribution in [0.1, 0.15) is 59.3 Å². The second-order valence-corrected chi connectivity index (χ2v) is 5.17. The van der Waals surface area contributed by atoms with E-state index in [9.17, 15) is 10.4 Å². The lowest BCUT2D eigenvalue weighted by atomic mass is 9.61. The van der Waals surface area contributed by atoms with Crippen LogP contribution in [0.4, 0.5) is 0 Å². The largest absolute Gasteiger partial charge is 0.389 e. The van der Waals surface area contributed by atoms with E-state index < -0.39 is 11.0 Å². The van der Waals surface area contributed by atoms with Gasteiger partial charge >= 0.3 is 0 Å². The predicted molar refractivity (Wildman–Crippen MR) is 61.2 cm³/mol. The van der Waals surface area contributed by atoms with Gasteiger partial charge < -0.3 is 5.11 Å². The molecule has 2 heteroatoms. The van der Waals surface area contributed by atoms with Crippen LogP contribution in [0, 0.1) is 22.7 Å². The predicted octanol–water partition coefficient (Wildman–Crippen LogP) is 3.26. The highest BCUT2D eigenvalue weighted by molar-refractivity contribution is 5.11. The van der Waals surface area contributed by atoms with Gasteiger partial charge in [0.25, 0.3) is 0 Å². The molecule has 0 aromatic heterocycles. The first-order valence-electron chi connectivity index (χ1n) is 6.15. The molecule has 1 saturated carbocycles. The van der Waals surface area contributed by atoms with E-state index in [1.165, 1.54) is 6.42 Å². The molecule has 1 unspecified atom stereocenters. The third-order valence-electron chi connectivity index (χ3n) is 4.47. The summed E-state index contributed by atoms with van der Waals surface area (Å²) in [5.41, 5.74) is -1.31. The fourth-order valence-electron chi connectivity index (χ4n) is 2.69. The Morgan fingerprint density at radius 1 is 1.40 bits per heavy atom. The third kappa shape index (κ3) is 2.18. The van der Waals surface area contributed by atoms with Crippen LogP contribution < -0.4 is 0 Å². The lowest BCUT2D eigenvalue weighted by Crippen LogP contribution is -2.46. The van der Waals surface area contributed by atoms with Crippen molar-refractivity contribution >= 4 is 0 Å². The molecule has 1 N–H and O–H groups in total. The van der Waals surface area contributed by atoms with Gasteiger partial charge in [0.1, 0.15) is 0 Å². The van der Waals surface area contributed by atoms with Gasteiger partial charge in [0.2, 0.25) is 0 Å². The van der Waals surface area contributed by atoms with E-state index in [0.717, 1.165) is 31.6 Å². The molecular weight excluding hydrogens is 186 g/mol. The molecule has 0 aromatic carbocycles.